The number of carbonyl (C=O) groups excluding carboxylic acids is 1. The van der Waals surface area contributed by atoms with E-state index in [0.717, 1.165) is 44.5 Å². The van der Waals surface area contributed by atoms with Crippen LogP contribution < -0.4 is 5.32 Å². The Morgan fingerprint density at radius 3 is 2.80 bits per heavy atom. The van der Waals surface area contributed by atoms with E-state index in [1.807, 2.05) is 23.1 Å². The lowest BCUT2D eigenvalue weighted by molar-refractivity contribution is -0.135. The number of rotatable bonds is 2. The molecule has 5 heteroatoms. The second kappa shape index (κ2) is 5.92. The Balaban J connectivity index is 1.80. The van der Waals surface area contributed by atoms with Gasteiger partial charge in [0, 0.05) is 13.1 Å². The molecule has 1 aromatic rings. The van der Waals surface area contributed by atoms with Gasteiger partial charge in [0.05, 0.1) is 22.0 Å². The number of benzene rings is 1. The minimum atomic E-state index is 0.137. The highest BCUT2D eigenvalue weighted by Gasteiger charge is 2.35. The first-order chi connectivity index (χ1) is 9.66. The largest absolute Gasteiger partial charge is 0.335 e. The molecule has 2 atom stereocenters. The van der Waals surface area contributed by atoms with E-state index >= 15 is 0 Å². The van der Waals surface area contributed by atoms with Gasteiger partial charge in [-0.05, 0) is 43.5 Å². The van der Waals surface area contributed by atoms with Crippen molar-refractivity contribution in [1.82, 2.24) is 10.2 Å². The summed E-state index contributed by atoms with van der Waals surface area (Å²) in [6, 6.07) is 5.85. The predicted octanol–water partition coefficient (Wildman–Crippen LogP) is 3.27. The van der Waals surface area contributed by atoms with E-state index in [9.17, 15) is 4.79 Å². The van der Waals surface area contributed by atoms with Crippen molar-refractivity contribution in [2.24, 2.45) is 5.92 Å². The lowest BCUT2D eigenvalue weighted by Crippen LogP contribution is -2.36. The lowest BCUT2D eigenvalue weighted by atomic mass is 10.0. The normalized spacial score (nSPS) is 26.2. The van der Waals surface area contributed by atoms with Crippen molar-refractivity contribution in [1.29, 1.82) is 0 Å². The standard InChI is InChI=1S/C15H18Cl2N2O/c16-12-4-3-10(8-13(12)17)14-2-1-7-19(14)15(20)11-5-6-18-9-11/h3-4,8,11,14,18H,1-2,5-7,9H2. The van der Waals surface area contributed by atoms with Gasteiger partial charge in [0.15, 0.2) is 0 Å². The molecule has 20 heavy (non-hydrogen) atoms. The molecular weight excluding hydrogens is 295 g/mol. The third-order valence-electron chi connectivity index (χ3n) is 4.27. The number of amides is 1. The molecule has 108 valence electrons. The van der Waals surface area contributed by atoms with Gasteiger partial charge in [0.2, 0.25) is 5.91 Å². The molecular formula is C15H18Cl2N2O. The van der Waals surface area contributed by atoms with E-state index in [1.54, 1.807) is 0 Å². The Morgan fingerprint density at radius 1 is 1.25 bits per heavy atom. The average molecular weight is 313 g/mol. The van der Waals surface area contributed by atoms with E-state index in [4.69, 9.17) is 23.2 Å². The second-order valence-corrected chi connectivity index (χ2v) is 6.37. The van der Waals surface area contributed by atoms with Gasteiger partial charge in [-0.15, -0.1) is 0 Å². The van der Waals surface area contributed by atoms with Crippen LogP contribution in [-0.2, 0) is 4.79 Å². The highest BCUT2D eigenvalue weighted by atomic mass is 35.5. The Morgan fingerprint density at radius 2 is 2.10 bits per heavy atom. The van der Waals surface area contributed by atoms with Gasteiger partial charge in [-0.25, -0.2) is 0 Å². The predicted molar refractivity (Wildman–Crippen MR) is 81.1 cm³/mol. The van der Waals surface area contributed by atoms with Crippen molar-refractivity contribution < 1.29 is 4.79 Å². The molecule has 0 spiro atoms. The van der Waals surface area contributed by atoms with Crippen LogP contribution in [0, 0.1) is 5.92 Å². The van der Waals surface area contributed by atoms with E-state index in [0.29, 0.717) is 10.0 Å². The maximum Gasteiger partial charge on any atom is 0.227 e. The van der Waals surface area contributed by atoms with Crippen LogP contribution in [0.4, 0.5) is 0 Å². The van der Waals surface area contributed by atoms with Crippen LogP contribution in [0.2, 0.25) is 10.0 Å². The number of nitrogens with one attached hydrogen (secondary N) is 1. The lowest BCUT2D eigenvalue weighted by Gasteiger charge is -2.27. The van der Waals surface area contributed by atoms with Crippen molar-refractivity contribution in [2.75, 3.05) is 19.6 Å². The monoisotopic (exact) mass is 312 g/mol. The van der Waals surface area contributed by atoms with E-state index in [1.165, 1.54) is 0 Å². The first-order valence-electron chi connectivity index (χ1n) is 7.13. The fraction of sp³-hybridized carbons (Fsp3) is 0.533. The first-order valence-corrected chi connectivity index (χ1v) is 7.88. The van der Waals surface area contributed by atoms with Crippen LogP contribution in [0.5, 0.6) is 0 Å². The summed E-state index contributed by atoms with van der Waals surface area (Å²) in [4.78, 5) is 14.6. The molecule has 2 fully saturated rings. The molecule has 1 aromatic carbocycles. The zero-order chi connectivity index (χ0) is 14.1. The number of hydrogen-bond donors (Lipinski definition) is 1. The fourth-order valence-corrected chi connectivity index (χ4v) is 3.50. The number of halogens is 2. The summed E-state index contributed by atoms with van der Waals surface area (Å²) in [6.45, 7) is 2.60. The van der Waals surface area contributed by atoms with Gasteiger partial charge in [0.25, 0.3) is 0 Å². The maximum absolute atomic E-state index is 12.6. The van der Waals surface area contributed by atoms with Crippen LogP contribution in [0.1, 0.15) is 30.9 Å². The molecule has 0 aliphatic carbocycles. The third kappa shape index (κ3) is 2.67. The van der Waals surface area contributed by atoms with Gasteiger partial charge < -0.3 is 10.2 Å². The molecule has 3 rings (SSSR count). The summed E-state index contributed by atoms with van der Waals surface area (Å²) < 4.78 is 0. The topological polar surface area (TPSA) is 32.3 Å². The summed E-state index contributed by atoms with van der Waals surface area (Å²) in [7, 11) is 0. The minimum absolute atomic E-state index is 0.137. The molecule has 2 unspecified atom stereocenters. The summed E-state index contributed by atoms with van der Waals surface area (Å²) in [6.07, 6.45) is 3.00. The van der Waals surface area contributed by atoms with Crippen LogP contribution in [-0.4, -0.2) is 30.4 Å². The molecule has 1 amide bonds. The molecule has 0 radical (unpaired) electrons. The summed E-state index contributed by atoms with van der Waals surface area (Å²) in [5, 5.41) is 4.38. The van der Waals surface area contributed by atoms with E-state index < -0.39 is 0 Å². The smallest absolute Gasteiger partial charge is 0.227 e. The highest BCUT2D eigenvalue weighted by molar-refractivity contribution is 6.42. The van der Waals surface area contributed by atoms with Crippen LogP contribution in [0.25, 0.3) is 0 Å². The van der Waals surface area contributed by atoms with Gasteiger partial charge in [0.1, 0.15) is 0 Å². The first kappa shape index (κ1) is 14.2. The summed E-state index contributed by atoms with van der Waals surface area (Å²) >= 11 is 12.1. The molecule has 0 bridgehead atoms. The van der Waals surface area contributed by atoms with Gasteiger partial charge in [-0.2, -0.15) is 0 Å². The van der Waals surface area contributed by atoms with Crippen molar-refractivity contribution in [3.8, 4) is 0 Å². The summed E-state index contributed by atoms with van der Waals surface area (Å²) in [5.74, 6) is 0.418. The molecule has 0 aromatic heterocycles. The number of carbonyl (C=O) groups is 1. The molecule has 2 saturated heterocycles. The molecule has 0 saturated carbocycles. The van der Waals surface area contributed by atoms with Crippen molar-refractivity contribution in [3.05, 3.63) is 33.8 Å². The Hall–Kier alpha value is -0.770. The van der Waals surface area contributed by atoms with Gasteiger partial charge in [-0.3, -0.25) is 4.79 Å². The molecule has 2 heterocycles. The van der Waals surface area contributed by atoms with Gasteiger partial charge in [-0.1, -0.05) is 29.3 Å². The van der Waals surface area contributed by atoms with Crippen molar-refractivity contribution >= 4 is 29.1 Å². The van der Waals surface area contributed by atoms with Gasteiger partial charge >= 0.3 is 0 Å². The number of nitrogens with zero attached hydrogens (tertiary/aromatic N) is 1. The maximum atomic E-state index is 12.6. The van der Waals surface area contributed by atoms with Crippen molar-refractivity contribution in [2.45, 2.75) is 25.3 Å². The number of likely N-dealkylation sites (tertiary alicyclic amines) is 1. The zero-order valence-corrected chi connectivity index (χ0v) is 12.8. The fourth-order valence-electron chi connectivity index (χ4n) is 3.20. The Labute approximate surface area is 129 Å². The molecule has 1 N–H and O–H groups in total. The molecule has 3 nitrogen and oxygen atoms in total. The third-order valence-corrected chi connectivity index (χ3v) is 5.01. The highest BCUT2D eigenvalue weighted by Crippen LogP contribution is 2.36. The van der Waals surface area contributed by atoms with Crippen LogP contribution in [0.3, 0.4) is 0 Å². The molecule has 2 aliphatic heterocycles. The zero-order valence-electron chi connectivity index (χ0n) is 11.2. The Bertz CT molecular complexity index is 515. The van der Waals surface area contributed by atoms with Crippen LogP contribution >= 0.6 is 23.2 Å². The van der Waals surface area contributed by atoms with Crippen LogP contribution in [0.15, 0.2) is 18.2 Å². The SMILES string of the molecule is O=C(C1CCNC1)N1CCCC1c1ccc(Cl)c(Cl)c1. The minimum Gasteiger partial charge on any atom is -0.335 e. The Kier molecular flexibility index (Phi) is 4.20. The quantitative estimate of drug-likeness (QED) is 0.909. The van der Waals surface area contributed by atoms with E-state index in [-0.39, 0.29) is 17.9 Å². The van der Waals surface area contributed by atoms with Crippen molar-refractivity contribution in [3.63, 3.8) is 0 Å². The summed E-state index contributed by atoms with van der Waals surface area (Å²) in [5.41, 5.74) is 1.09. The number of hydrogen-bond acceptors (Lipinski definition) is 2. The second-order valence-electron chi connectivity index (χ2n) is 5.55. The van der Waals surface area contributed by atoms with E-state index in [2.05, 4.69) is 5.32 Å². The molecule has 2 aliphatic rings. The average Bonchev–Trinajstić information content (AvgIpc) is 3.11.